The van der Waals surface area contributed by atoms with Crippen LogP contribution in [0.4, 0.5) is 0 Å². The van der Waals surface area contributed by atoms with Gasteiger partial charge in [-0.2, -0.15) is 0 Å². The molecule has 0 fully saturated rings. The monoisotopic (exact) mass is 286 g/mol. The average Bonchev–Trinajstić information content (AvgIpc) is 2.36. The Kier molecular flexibility index (Phi) is 5.93. The van der Waals surface area contributed by atoms with Crippen LogP contribution in [0.25, 0.3) is 0 Å². The molecule has 0 aliphatic rings. The number of benzene rings is 1. The molecule has 0 atom stereocenters. The molecule has 0 aliphatic carbocycles. The number of rotatable bonds is 7. The van der Waals surface area contributed by atoms with Gasteiger partial charge in [0.1, 0.15) is 0 Å². The van der Waals surface area contributed by atoms with Crippen molar-refractivity contribution in [2.75, 3.05) is 34.2 Å². The predicted octanol–water partition coefficient (Wildman–Crippen LogP) is 0.502. The topological polar surface area (TPSA) is 60.9 Å². The van der Waals surface area contributed by atoms with Crippen LogP contribution in [0.2, 0.25) is 0 Å². The third-order valence-corrected chi connectivity index (χ3v) is 4.72. The summed E-state index contributed by atoms with van der Waals surface area (Å²) >= 11 is 0. The Morgan fingerprint density at radius 3 is 2.00 bits per heavy atom. The van der Waals surface area contributed by atoms with E-state index in [4.69, 9.17) is 5.11 Å². The van der Waals surface area contributed by atoms with Gasteiger partial charge in [0.25, 0.3) is 0 Å². The minimum absolute atomic E-state index is 0.0113. The molecule has 1 rings (SSSR count). The summed E-state index contributed by atoms with van der Waals surface area (Å²) in [4.78, 5) is 1.95. The summed E-state index contributed by atoms with van der Waals surface area (Å²) in [5.41, 5.74) is 1.51. The van der Waals surface area contributed by atoms with Gasteiger partial charge in [-0.25, -0.2) is 12.7 Å². The quantitative estimate of drug-likeness (QED) is 0.793. The van der Waals surface area contributed by atoms with Crippen molar-refractivity contribution in [1.29, 1.82) is 0 Å². The first-order valence-electron chi connectivity index (χ1n) is 6.12. The van der Waals surface area contributed by atoms with E-state index in [0.29, 0.717) is 13.1 Å². The number of nitrogens with zero attached hydrogens (tertiary/aromatic N) is 2. The molecule has 0 unspecified atom stereocenters. The fourth-order valence-corrected chi connectivity index (χ4v) is 2.74. The summed E-state index contributed by atoms with van der Waals surface area (Å²) in [7, 11) is 2.14. The summed E-state index contributed by atoms with van der Waals surface area (Å²) in [6, 6.07) is 6.96. The van der Waals surface area contributed by atoms with E-state index in [2.05, 4.69) is 0 Å². The van der Waals surface area contributed by atoms with Crippen molar-refractivity contribution in [2.45, 2.75) is 12.4 Å². The van der Waals surface area contributed by atoms with Crippen LogP contribution in [0.1, 0.15) is 11.1 Å². The first-order valence-corrected chi connectivity index (χ1v) is 7.73. The van der Waals surface area contributed by atoms with Gasteiger partial charge < -0.3 is 10.0 Å². The van der Waals surface area contributed by atoms with Crippen molar-refractivity contribution in [3.63, 3.8) is 0 Å². The minimum atomic E-state index is -3.28. The highest BCUT2D eigenvalue weighted by Crippen LogP contribution is 2.11. The molecular weight excluding hydrogens is 264 g/mol. The number of likely N-dealkylation sites (N-methyl/N-ethyl adjacent to an activating group) is 2. The maximum absolute atomic E-state index is 12.1. The molecule has 108 valence electrons. The molecule has 1 aromatic rings. The molecule has 1 N–H and O–H groups in total. The van der Waals surface area contributed by atoms with E-state index in [9.17, 15) is 8.42 Å². The molecular formula is C13H22N2O3S. The number of aliphatic hydroxyl groups excluding tert-OH is 1. The summed E-state index contributed by atoms with van der Waals surface area (Å²) < 4.78 is 25.6. The number of sulfonamides is 1. The normalized spacial score (nSPS) is 12.3. The van der Waals surface area contributed by atoms with Crippen molar-refractivity contribution >= 4 is 10.0 Å². The fraction of sp³-hybridized carbons (Fsp3) is 0.538. The van der Waals surface area contributed by atoms with Crippen LogP contribution in [0.5, 0.6) is 0 Å². The van der Waals surface area contributed by atoms with Gasteiger partial charge in [0, 0.05) is 20.1 Å². The zero-order valence-electron chi connectivity index (χ0n) is 11.7. The van der Waals surface area contributed by atoms with Gasteiger partial charge in [0.05, 0.1) is 12.4 Å². The SMILES string of the molecule is CN(C)CCN(C)S(=O)(=O)Cc1ccc(CO)cc1. The smallest absolute Gasteiger partial charge is 0.218 e. The second-order valence-corrected chi connectivity index (χ2v) is 6.93. The third kappa shape index (κ3) is 5.28. The number of aliphatic hydroxyl groups is 1. The Bertz CT molecular complexity index is 483. The zero-order chi connectivity index (χ0) is 14.5. The molecule has 5 nitrogen and oxygen atoms in total. The number of hydrogen-bond acceptors (Lipinski definition) is 4. The Labute approximate surface area is 115 Å². The second kappa shape index (κ2) is 7.00. The lowest BCUT2D eigenvalue weighted by Crippen LogP contribution is -2.34. The van der Waals surface area contributed by atoms with Gasteiger partial charge >= 0.3 is 0 Å². The molecule has 0 heterocycles. The van der Waals surface area contributed by atoms with Gasteiger partial charge in [0.15, 0.2) is 0 Å². The van der Waals surface area contributed by atoms with Crippen molar-refractivity contribution in [3.8, 4) is 0 Å². The van der Waals surface area contributed by atoms with E-state index >= 15 is 0 Å². The standard InChI is InChI=1S/C13H22N2O3S/c1-14(2)8-9-15(3)19(17,18)11-13-6-4-12(10-16)5-7-13/h4-7,16H,8-11H2,1-3H3. The maximum Gasteiger partial charge on any atom is 0.218 e. The van der Waals surface area contributed by atoms with Crippen LogP contribution in [0.15, 0.2) is 24.3 Å². The highest BCUT2D eigenvalue weighted by Gasteiger charge is 2.18. The highest BCUT2D eigenvalue weighted by molar-refractivity contribution is 7.88. The lowest BCUT2D eigenvalue weighted by Gasteiger charge is -2.19. The van der Waals surface area contributed by atoms with Crippen LogP contribution in [-0.4, -0.2) is 57.0 Å². The van der Waals surface area contributed by atoms with Gasteiger partial charge in [-0.3, -0.25) is 0 Å². The molecule has 0 aliphatic heterocycles. The Hall–Kier alpha value is -0.950. The third-order valence-electron chi connectivity index (χ3n) is 2.89. The predicted molar refractivity (Wildman–Crippen MR) is 76.2 cm³/mol. The lowest BCUT2D eigenvalue weighted by atomic mass is 10.2. The molecule has 0 saturated carbocycles. The van der Waals surface area contributed by atoms with Crippen LogP contribution in [0.3, 0.4) is 0 Å². The highest BCUT2D eigenvalue weighted by atomic mass is 32.2. The van der Waals surface area contributed by atoms with Crippen molar-refractivity contribution < 1.29 is 13.5 Å². The summed E-state index contributed by atoms with van der Waals surface area (Å²) in [6.45, 7) is 1.14. The Morgan fingerprint density at radius 2 is 1.53 bits per heavy atom. The molecule has 6 heteroatoms. The van der Waals surface area contributed by atoms with Gasteiger partial charge in [-0.1, -0.05) is 24.3 Å². The summed E-state index contributed by atoms with van der Waals surface area (Å²) in [5.74, 6) is -0.0113. The van der Waals surface area contributed by atoms with Gasteiger partial charge in [0.2, 0.25) is 10.0 Å². The fourth-order valence-electron chi connectivity index (χ4n) is 1.54. The maximum atomic E-state index is 12.1. The molecule has 0 radical (unpaired) electrons. The van der Waals surface area contributed by atoms with Crippen molar-refractivity contribution in [1.82, 2.24) is 9.21 Å². The molecule has 0 bridgehead atoms. The van der Waals surface area contributed by atoms with Crippen molar-refractivity contribution in [2.24, 2.45) is 0 Å². The molecule has 0 saturated heterocycles. The van der Waals surface area contributed by atoms with Crippen LogP contribution in [-0.2, 0) is 22.4 Å². The van der Waals surface area contributed by atoms with E-state index in [1.165, 1.54) is 4.31 Å². The van der Waals surface area contributed by atoms with E-state index in [1.54, 1.807) is 31.3 Å². The van der Waals surface area contributed by atoms with Crippen LogP contribution in [0, 0.1) is 0 Å². The lowest BCUT2D eigenvalue weighted by molar-refractivity contribution is 0.282. The van der Waals surface area contributed by atoms with E-state index in [0.717, 1.165) is 11.1 Å². The van der Waals surface area contributed by atoms with E-state index < -0.39 is 10.0 Å². The average molecular weight is 286 g/mol. The first-order chi connectivity index (χ1) is 8.85. The second-order valence-electron chi connectivity index (χ2n) is 4.86. The minimum Gasteiger partial charge on any atom is -0.392 e. The van der Waals surface area contributed by atoms with Gasteiger partial charge in [-0.05, 0) is 25.2 Å². The summed E-state index contributed by atoms with van der Waals surface area (Å²) in [6.07, 6.45) is 0. The van der Waals surface area contributed by atoms with E-state index in [1.807, 2.05) is 19.0 Å². The molecule has 1 aromatic carbocycles. The van der Waals surface area contributed by atoms with Gasteiger partial charge in [-0.15, -0.1) is 0 Å². The molecule has 19 heavy (non-hydrogen) atoms. The van der Waals surface area contributed by atoms with Crippen LogP contribution >= 0.6 is 0 Å². The molecule has 0 aromatic heterocycles. The largest absolute Gasteiger partial charge is 0.392 e. The summed E-state index contributed by atoms with van der Waals surface area (Å²) in [5, 5.41) is 8.94. The number of hydrogen-bond donors (Lipinski definition) is 1. The van der Waals surface area contributed by atoms with E-state index in [-0.39, 0.29) is 12.4 Å². The Balaban J connectivity index is 2.67. The first kappa shape index (κ1) is 16.1. The van der Waals surface area contributed by atoms with Crippen LogP contribution < -0.4 is 0 Å². The Morgan fingerprint density at radius 1 is 1.00 bits per heavy atom. The molecule has 0 amide bonds. The molecule has 0 spiro atoms. The zero-order valence-corrected chi connectivity index (χ0v) is 12.5. The van der Waals surface area contributed by atoms with Crippen molar-refractivity contribution in [3.05, 3.63) is 35.4 Å².